The molecule has 1 saturated heterocycles. The number of anilines is 1. The quantitative estimate of drug-likeness (QED) is 0.792. The summed E-state index contributed by atoms with van der Waals surface area (Å²) in [6.07, 6.45) is -0.352. The van der Waals surface area contributed by atoms with Crippen LogP contribution in [0.4, 0.5) is 19.0 Å². The molecule has 27 heavy (non-hydrogen) atoms. The third-order valence-corrected chi connectivity index (χ3v) is 4.66. The van der Waals surface area contributed by atoms with Crippen molar-refractivity contribution in [1.29, 1.82) is 0 Å². The average Bonchev–Trinajstić information content (AvgIpc) is 2.66. The highest BCUT2D eigenvalue weighted by molar-refractivity contribution is 5.57. The van der Waals surface area contributed by atoms with E-state index in [1.165, 1.54) is 12.4 Å². The second-order valence-corrected chi connectivity index (χ2v) is 7.18. The van der Waals surface area contributed by atoms with Gasteiger partial charge in [-0.1, -0.05) is 13.8 Å². The largest absolute Gasteiger partial charge is 0.433 e. The molecule has 0 N–H and O–H groups in total. The minimum atomic E-state index is -4.52. The first-order valence-corrected chi connectivity index (χ1v) is 9.17. The summed E-state index contributed by atoms with van der Waals surface area (Å²) < 4.78 is 40.0. The van der Waals surface area contributed by atoms with Crippen molar-refractivity contribution < 1.29 is 13.2 Å². The monoisotopic (exact) mass is 379 g/mol. The molecular formula is C19H24F3N5. The molecule has 1 aliphatic heterocycles. The van der Waals surface area contributed by atoms with E-state index in [-0.39, 0.29) is 5.82 Å². The molecule has 1 fully saturated rings. The topological polar surface area (TPSA) is 45.2 Å². The van der Waals surface area contributed by atoms with Gasteiger partial charge in [0.2, 0.25) is 0 Å². The van der Waals surface area contributed by atoms with Crippen molar-refractivity contribution in [3.05, 3.63) is 36.3 Å². The molecule has 5 nitrogen and oxygen atoms in total. The van der Waals surface area contributed by atoms with E-state index in [1.54, 1.807) is 12.1 Å². The van der Waals surface area contributed by atoms with E-state index in [4.69, 9.17) is 0 Å². The van der Waals surface area contributed by atoms with Crippen molar-refractivity contribution in [3.8, 4) is 11.4 Å². The zero-order valence-corrected chi connectivity index (χ0v) is 15.6. The Morgan fingerprint density at radius 1 is 1.04 bits per heavy atom. The lowest BCUT2D eigenvalue weighted by Gasteiger charge is -2.36. The summed E-state index contributed by atoms with van der Waals surface area (Å²) in [6.45, 7) is 8.36. The lowest BCUT2D eigenvalue weighted by Crippen LogP contribution is -2.47. The maximum absolute atomic E-state index is 13.3. The number of hydrogen-bond acceptors (Lipinski definition) is 5. The Balaban J connectivity index is 1.81. The summed E-state index contributed by atoms with van der Waals surface area (Å²) >= 11 is 0. The molecule has 1 aliphatic rings. The second-order valence-electron chi connectivity index (χ2n) is 7.18. The summed E-state index contributed by atoms with van der Waals surface area (Å²) in [5.74, 6) is 1.04. The third-order valence-electron chi connectivity index (χ3n) is 4.66. The molecule has 0 radical (unpaired) electrons. The number of pyridine rings is 1. The highest BCUT2D eigenvalue weighted by Gasteiger charge is 2.34. The first-order chi connectivity index (χ1) is 12.8. The number of nitrogens with zero attached hydrogens (tertiary/aromatic N) is 5. The normalized spacial score (nSPS) is 16.1. The average molecular weight is 379 g/mol. The van der Waals surface area contributed by atoms with E-state index in [0.717, 1.165) is 32.1 Å². The minimum Gasteiger partial charge on any atom is -0.354 e. The van der Waals surface area contributed by atoms with E-state index in [9.17, 15) is 13.2 Å². The lowest BCUT2D eigenvalue weighted by atomic mass is 10.1. The molecular weight excluding hydrogens is 355 g/mol. The van der Waals surface area contributed by atoms with Crippen LogP contribution in [0, 0.1) is 5.92 Å². The molecule has 2 aromatic rings. The van der Waals surface area contributed by atoms with Gasteiger partial charge in [0.1, 0.15) is 5.82 Å². The maximum atomic E-state index is 13.3. The predicted molar refractivity (Wildman–Crippen MR) is 98.4 cm³/mol. The smallest absolute Gasteiger partial charge is 0.354 e. The van der Waals surface area contributed by atoms with Crippen LogP contribution in [-0.2, 0) is 6.18 Å². The zero-order valence-electron chi connectivity index (χ0n) is 15.6. The van der Waals surface area contributed by atoms with Gasteiger partial charge < -0.3 is 4.90 Å². The first kappa shape index (κ1) is 19.5. The summed E-state index contributed by atoms with van der Waals surface area (Å²) in [5.41, 5.74) is -0.394. The summed E-state index contributed by atoms with van der Waals surface area (Å²) in [5, 5.41) is 0. The van der Waals surface area contributed by atoms with Gasteiger partial charge in [-0.25, -0.2) is 9.97 Å². The van der Waals surface area contributed by atoms with Crippen LogP contribution in [0.5, 0.6) is 0 Å². The van der Waals surface area contributed by atoms with Crippen LogP contribution in [0.25, 0.3) is 11.4 Å². The van der Waals surface area contributed by atoms with Gasteiger partial charge in [-0.3, -0.25) is 9.88 Å². The molecule has 0 bridgehead atoms. The lowest BCUT2D eigenvalue weighted by molar-refractivity contribution is -0.141. The summed E-state index contributed by atoms with van der Waals surface area (Å²) in [4.78, 5) is 16.3. The first-order valence-electron chi connectivity index (χ1n) is 9.17. The van der Waals surface area contributed by atoms with Gasteiger partial charge in [-0.2, -0.15) is 13.2 Å². The molecule has 8 heteroatoms. The van der Waals surface area contributed by atoms with Crippen LogP contribution in [0.3, 0.4) is 0 Å². The van der Waals surface area contributed by atoms with Crippen molar-refractivity contribution in [2.75, 3.05) is 37.6 Å². The molecule has 0 amide bonds. The highest BCUT2D eigenvalue weighted by atomic mass is 19.4. The standard InChI is InChI=1S/C19H24F3N5/c1-14(2)5-8-26-9-11-27(12-10-26)17-13-16(19(20,21)22)24-18(25-17)15-3-6-23-7-4-15/h3-4,6-7,13-14H,5,8-12H2,1-2H3. The van der Waals surface area contributed by atoms with Crippen molar-refractivity contribution in [2.24, 2.45) is 5.92 Å². The van der Waals surface area contributed by atoms with Crippen molar-refractivity contribution in [3.63, 3.8) is 0 Å². The van der Waals surface area contributed by atoms with Crippen LogP contribution < -0.4 is 4.90 Å². The van der Waals surface area contributed by atoms with Crippen molar-refractivity contribution in [2.45, 2.75) is 26.4 Å². The van der Waals surface area contributed by atoms with Gasteiger partial charge in [-0.05, 0) is 31.0 Å². The van der Waals surface area contributed by atoms with Gasteiger partial charge in [0.15, 0.2) is 11.5 Å². The Labute approximate surface area is 157 Å². The molecule has 0 spiro atoms. The van der Waals surface area contributed by atoms with Crippen LogP contribution in [-0.4, -0.2) is 52.6 Å². The Morgan fingerprint density at radius 3 is 2.30 bits per heavy atom. The van der Waals surface area contributed by atoms with Crippen LogP contribution >= 0.6 is 0 Å². The van der Waals surface area contributed by atoms with Gasteiger partial charge in [-0.15, -0.1) is 0 Å². The Hall–Kier alpha value is -2.22. The molecule has 2 aromatic heterocycles. The van der Waals surface area contributed by atoms with E-state index < -0.39 is 11.9 Å². The van der Waals surface area contributed by atoms with E-state index >= 15 is 0 Å². The number of alkyl halides is 3. The number of piperazine rings is 1. The zero-order chi connectivity index (χ0) is 19.4. The predicted octanol–water partition coefficient (Wildman–Crippen LogP) is 3.73. The molecule has 0 aromatic carbocycles. The molecule has 0 aliphatic carbocycles. The molecule has 0 saturated carbocycles. The second kappa shape index (κ2) is 8.21. The van der Waals surface area contributed by atoms with Gasteiger partial charge in [0, 0.05) is 50.2 Å². The van der Waals surface area contributed by atoms with E-state index in [2.05, 4.69) is 33.7 Å². The molecule has 0 unspecified atom stereocenters. The fraction of sp³-hybridized carbons (Fsp3) is 0.526. The Bertz CT molecular complexity index is 741. The number of hydrogen-bond donors (Lipinski definition) is 0. The van der Waals surface area contributed by atoms with E-state index in [0.29, 0.717) is 30.4 Å². The van der Waals surface area contributed by atoms with Gasteiger partial charge in [0.05, 0.1) is 0 Å². The molecule has 3 rings (SSSR count). The molecule has 0 atom stereocenters. The van der Waals surface area contributed by atoms with Crippen molar-refractivity contribution >= 4 is 5.82 Å². The SMILES string of the molecule is CC(C)CCN1CCN(c2cc(C(F)(F)F)nc(-c3ccncc3)n2)CC1. The van der Waals surface area contributed by atoms with Crippen molar-refractivity contribution in [1.82, 2.24) is 19.9 Å². The summed E-state index contributed by atoms with van der Waals surface area (Å²) in [7, 11) is 0. The molecule has 3 heterocycles. The fourth-order valence-corrected chi connectivity index (χ4v) is 3.01. The van der Waals surface area contributed by atoms with Crippen LogP contribution in [0.1, 0.15) is 26.0 Å². The number of aromatic nitrogens is 3. The summed E-state index contributed by atoms with van der Waals surface area (Å²) in [6, 6.07) is 4.28. The van der Waals surface area contributed by atoms with Gasteiger partial charge in [0.25, 0.3) is 0 Å². The van der Waals surface area contributed by atoms with Gasteiger partial charge >= 0.3 is 6.18 Å². The number of rotatable bonds is 5. The van der Waals surface area contributed by atoms with Crippen LogP contribution in [0.2, 0.25) is 0 Å². The highest BCUT2D eigenvalue weighted by Crippen LogP contribution is 2.31. The number of halogens is 3. The fourth-order valence-electron chi connectivity index (χ4n) is 3.01. The van der Waals surface area contributed by atoms with E-state index in [1.807, 2.05) is 4.90 Å². The van der Waals surface area contributed by atoms with Crippen LogP contribution in [0.15, 0.2) is 30.6 Å². The minimum absolute atomic E-state index is 0.0736. The Kier molecular flexibility index (Phi) is 5.94. The third kappa shape index (κ3) is 5.15. The maximum Gasteiger partial charge on any atom is 0.433 e. The Morgan fingerprint density at radius 2 is 1.70 bits per heavy atom. The molecule has 146 valence electrons.